The van der Waals surface area contributed by atoms with E-state index in [9.17, 15) is 4.79 Å². The summed E-state index contributed by atoms with van der Waals surface area (Å²) >= 11 is 4.76. The van der Waals surface area contributed by atoms with Crippen LogP contribution in [-0.2, 0) is 0 Å². The Kier molecular flexibility index (Phi) is 4.31. The second-order valence-corrected chi connectivity index (χ2v) is 6.15. The van der Waals surface area contributed by atoms with Crippen LogP contribution in [0, 0.1) is 13.8 Å². The zero-order chi connectivity index (χ0) is 14.0. The number of rotatable bonds is 3. The SMILES string of the molecule is CCN(C(=O)c1sc(C)nc1C)c1ccc(Br)cn1. The molecule has 1 amide bonds. The first kappa shape index (κ1) is 14.1. The van der Waals surface area contributed by atoms with Gasteiger partial charge < -0.3 is 0 Å². The molecule has 0 bridgehead atoms. The maximum absolute atomic E-state index is 12.5. The molecule has 0 atom stereocenters. The smallest absolute Gasteiger partial charge is 0.271 e. The van der Waals surface area contributed by atoms with Crippen LogP contribution in [0.5, 0.6) is 0 Å². The molecule has 0 aliphatic rings. The van der Waals surface area contributed by atoms with Gasteiger partial charge >= 0.3 is 0 Å². The lowest BCUT2D eigenvalue weighted by Crippen LogP contribution is -2.31. The van der Waals surface area contributed by atoms with Crippen LogP contribution in [-0.4, -0.2) is 22.4 Å². The van der Waals surface area contributed by atoms with Crippen molar-refractivity contribution in [2.75, 3.05) is 11.4 Å². The summed E-state index contributed by atoms with van der Waals surface area (Å²) in [5.41, 5.74) is 0.781. The Labute approximate surface area is 124 Å². The molecule has 6 heteroatoms. The molecule has 2 rings (SSSR count). The van der Waals surface area contributed by atoms with E-state index >= 15 is 0 Å². The quantitative estimate of drug-likeness (QED) is 0.858. The molecule has 0 radical (unpaired) electrons. The number of aryl methyl sites for hydroxylation is 2. The van der Waals surface area contributed by atoms with Gasteiger partial charge in [0.2, 0.25) is 0 Å². The van der Waals surface area contributed by atoms with Crippen molar-refractivity contribution >= 4 is 39.0 Å². The van der Waals surface area contributed by atoms with Gasteiger partial charge in [0.05, 0.1) is 10.7 Å². The predicted octanol–water partition coefficient (Wildman–Crippen LogP) is 3.58. The van der Waals surface area contributed by atoms with Crippen LogP contribution < -0.4 is 4.90 Å². The van der Waals surface area contributed by atoms with Gasteiger partial charge in [0.1, 0.15) is 10.7 Å². The van der Waals surface area contributed by atoms with Crippen molar-refractivity contribution in [1.29, 1.82) is 0 Å². The molecule has 0 unspecified atom stereocenters. The largest absolute Gasteiger partial charge is 0.292 e. The Morgan fingerprint density at radius 1 is 1.42 bits per heavy atom. The number of hydrogen-bond donors (Lipinski definition) is 0. The lowest BCUT2D eigenvalue weighted by molar-refractivity contribution is 0.0990. The van der Waals surface area contributed by atoms with Gasteiger partial charge in [-0.2, -0.15) is 0 Å². The maximum atomic E-state index is 12.5. The first-order chi connectivity index (χ1) is 9.02. The van der Waals surface area contributed by atoms with Gasteiger partial charge in [0.25, 0.3) is 5.91 Å². The van der Waals surface area contributed by atoms with E-state index in [0.29, 0.717) is 17.2 Å². The Morgan fingerprint density at radius 2 is 2.16 bits per heavy atom. The summed E-state index contributed by atoms with van der Waals surface area (Å²) in [5, 5.41) is 0.903. The summed E-state index contributed by atoms with van der Waals surface area (Å²) in [6.45, 7) is 6.27. The van der Waals surface area contributed by atoms with Crippen LogP contribution in [0.1, 0.15) is 27.3 Å². The van der Waals surface area contributed by atoms with E-state index in [4.69, 9.17) is 0 Å². The highest BCUT2D eigenvalue weighted by atomic mass is 79.9. The maximum Gasteiger partial charge on any atom is 0.271 e. The van der Waals surface area contributed by atoms with Crippen LogP contribution in [0.25, 0.3) is 0 Å². The molecule has 0 N–H and O–H groups in total. The van der Waals surface area contributed by atoms with E-state index in [1.165, 1.54) is 11.3 Å². The summed E-state index contributed by atoms with van der Waals surface area (Å²) in [6.07, 6.45) is 1.69. The molecule has 0 aromatic carbocycles. The fourth-order valence-corrected chi connectivity index (χ4v) is 2.89. The summed E-state index contributed by atoms with van der Waals surface area (Å²) in [7, 11) is 0. The third-order valence-corrected chi connectivity index (χ3v) is 4.18. The fraction of sp³-hybridized carbons (Fsp3) is 0.308. The third kappa shape index (κ3) is 3.01. The number of amides is 1. The van der Waals surface area contributed by atoms with Crippen molar-refractivity contribution in [3.63, 3.8) is 0 Å². The second-order valence-electron chi connectivity index (χ2n) is 4.03. The number of aromatic nitrogens is 2. The Balaban J connectivity index is 2.34. The number of carbonyl (C=O) groups excluding carboxylic acids is 1. The second kappa shape index (κ2) is 5.79. The van der Waals surface area contributed by atoms with Crippen molar-refractivity contribution < 1.29 is 4.79 Å². The highest BCUT2D eigenvalue weighted by molar-refractivity contribution is 9.10. The van der Waals surface area contributed by atoms with Crippen LogP contribution in [0.15, 0.2) is 22.8 Å². The molecular weight excluding hydrogens is 326 g/mol. The lowest BCUT2D eigenvalue weighted by atomic mass is 10.3. The van der Waals surface area contributed by atoms with Crippen molar-refractivity contribution in [1.82, 2.24) is 9.97 Å². The Morgan fingerprint density at radius 3 is 2.63 bits per heavy atom. The number of thiazole rings is 1. The van der Waals surface area contributed by atoms with Gasteiger partial charge in [0.15, 0.2) is 0 Å². The molecule has 0 spiro atoms. The van der Waals surface area contributed by atoms with E-state index in [1.54, 1.807) is 11.1 Å². The van der Waals surface area contributed by atoms with Gasteiger partial charge in [-0.05, 0) is 48.8 Å². The first-order valence-electron chi connectivity index (χ1n) is 5.90. The van der Waals surface area contributed by atoms with Crippen LogP contribution in [0.4, 0.5) is 5.82 Å². The monoisotopic (exact) mass is 339 g/mol. The van der Waals surface area contributed by atoms with Crippen LogP contribution in [0.2, 0.25) is 0 Å². The standard InChI is InChI=1S/C13H14BrN3OS/c1-4-17(11-6-5-10(14)7-15-11)13(18)12-8(2)16-9(3)19-12/h5-7H,4H2,1-3H3. The van der Waals surface area contributed by atoms with E-state index in [-0.39, 0.29) is 5.91 Å². The number of anilines is 1. The zero-order valence-electron chi connectivity index (χ0n) is 11.0. The van der Waals surface area contributed by atoms with Crippen molar-refractivity contribution in [2.45, 2.75) is 20.8 Å². The predicted molar refractivity (Wildman–Crippen MR) is 80.9 cm³/mol. The van der Waals surface area contributed by atoms with Crippen LogP contribution >= 0.6 is 27.3 Å². The molecule has 100 valence electrons. The van der Waals surface area contributed by atoms with Crippen LogP contribution in [0.3, 0.4) is 0 Å². The molecule has 19 heavy (non-hydrogen) atoms. The van der Waals surface area contributed by atoms with Gasteiger partial charge in [-0.3, -0.25) is 9.69 Å². The minimum atomic E-state index is -0.0413. The molecular formula is C13H14BrN3OS. The average molecular weight is 340 g/mol. The first-order valence-corrected chi connectivity index (χ1v) is 7.51. The number of pyridine rings is 1. The summed E-state index contributed by atoms with van der Waals surface area (Å²) in [6, 6.07) is 3.71. The van der Waals surface area contributed by atoms with Gasteiger partial charge in [-0.1, -0.05) is 0 Å². The summed E-state index contributed by atoms with van der Waals surface area (Å²) in [5.74, 6) is 0.613. The highest BCUT2D eigenvalue weighted by Gasteiger charge is 2.21. The summed E-state index contributed by atoms with van der Waals surface area (Å²) < 4.78 is 0.893. The summed E-state index contributed by atoms with van der Waals surface area (Å²) in [4.78, 5) is 23.5. The number of carbonyl (C=O) groups is 1. The molecule has 0 aliphatic carbocycles. The molecule has 0 saturated heterocycles. The highest BCUT2D eigenvalue weighted by Crippen LogP contribution is 2.22. The fourth-order valence-electron chi connectivity index (χ4n) is 1.79. The normalized spacial score (nSPS) is 10.5. The average Bonchev–Trinajstić information content (AvgIpc) is 2.71. The molecule has 4 nitrogen and oxygen atoms in total. The number of nitrogens with zero attached hydrogens (tertiary/aromatic N) is 3. The lowest BCUT2D eigenvalue weighted by Gasteiger charge is -2.19. The zero-order valence-corrected chi connectivity index (χ0v) is 13.4. The minimum Gasteiger partial charge on any atom is -0.292 e. The van der Waals surface area contributed by atoms with Crippen molar-refractivity contribution in [3.8, 4) is 0 Å². The van der Waals surface area contributed by atoms with E-state index < -0.39 is 0 Å². The van der Waals surface area contributed by atoms with Gasteiger partial charge in [0, 0.05) is 17.2 Å². The Hall–Kier alpha value is -1.27. The van der Waals surface area contributed by atoms with E-state index in [2.05, 4.69) is 25.9 Å². The van der Waals surface area contributed by atoms with Gasteiger partial charge in [-0.15, -0.1) is 11.3 Å². The number of hydrogen-bond acceptors (Lipinski definition) is 4. The molecule has 2 aromatic rings. The topological polar surface area (TPSA) is 46.1 Å². The number of halogens is 1. The minimum absolute atomic E-state index is 0.0413. The molecule has 2 heterocycles. The van der Waals surface area contributed by atoms with E-state index in [0.717, 1.165) is 15.2 Å². The Bertz CT molecular complexity index is 594. The van der Waals surface area contributed by atoms with Gasteiger partial charge in [-0.25, -0.2) is 9.97 Å². The molecule has 0 fully saturated rings. The van der Waals surface area contributed by atoms with Crippen molar-refractivity contribution in [3.05, 3.63) is 38.4 Å². The third-order valence-electron chi connectivity index (χ3n) is 2.65. The van der Waals surface area contributed by atoms with Crippen molar-refractivity contribution in [2.24, 2.45) is 0 Å². The molecule has 0 saturated carbocycles. The molecule has 2 aromatic heterocycles. The van der Waals surface area contributed by atoms with E-state index in [1.807, 2.05) is 32.9 Å². The molecule has 0 aliphatic heterocycles.